The number of hydrogen-bond donors (Lipinski definition) is 1. The number of rotatable bonds is 2. The minimum atomic E-state index is 0.751. The Bertz CT molecular complexity index is 694. The van der Waals surface area contributed by atoms with Gasteiger partial charge in [-0.15, -0.1) is 0 Å². The first-order chi connectivity index (χ1) is 8.72. The molecule has 3 rings (SSSR count). The molecule has 5 heteroatoms. The van der Waals surface area contributed by atoms with Crippen LogP contribution in [-0.2, 0) is 0 Å². The number of anilines is 2. The summed E-state index contributed by atoms with van der Waals surface area (Å²) in [6, 6.07) is 14.0. The second-order valence-electron chi connectivity index (χ2n) is 3.74. The number of nitrogens with zero attached hydrogens (tertiary/aromatic N) is 1. The Morgan fingerprint density at radius 3 is 2.61 bits per heavy atom. The number of hydrogen-bond acceptors (Lipinski definition) is 3. The monoisotopic (exact) mass is 386 g/mol. The third kappa shape index (κ3) is 2.46. The van der Waals surface area contributed by atoms with Crippen molar-refractivity contribution in [3.63, 3.8) is 0 Å². The van der Waals surface area contributed by atoms with Crippen molar-refractivity contribution in [2.75, 3.05) is 5.32 Å². The number of nitrogens with one attached hydrogen (secondary N) is 1. The van der Waals surface area contributed by atoms with Crippen LogP contribution in [0.1, 0.15) is 0 Å². The molecule has 0 saturated carbocycles. The topological polar surface area (TPSA) is 24.9 Å². The van der Waals surface area contributed by atoms with E-state index in [1.165, 1.54) is 3.57 Å². The second kappa shape index (κ2) is 5.03. The number of thiazole rings is 1. The van der Waals surface area contributed by atoms with Gasteiger partial charge in [0.15, 0.2) is 5.13 Å². The molecule has 0 amide bonds. The fraction of sp³-hybridized carbons (Fsp3) is 0. The zero-order chi connectivity index (χ0) is 12.5. The van der Waals surface area contributed by atoms with E-state index in [1.54, 1.807) is 11.3 Å². The molecule has 3 aromatic rings. The Labute approximate surface area is 127 Å². The molecular formula is C13H8ClIN2S. The quantitative estimate of drug-likeness (QED) is 0.605. The molecule has 2 nitrogen and oxygen atoms in total. The third-order valence-corrected chi connectivity index (χ3v) is 4.63. The van der Waals surface area contributed by atoms with Gasteiger partial charge in [-0.25, -0.2) is 4.98 Å². The van der Waals surface area contributed by atoms with Crippen molar-refractivity contribution < 1.29 is 0 Å². The van der Waals surface area contributed by atoms with Gasteiger partial charge in [0, 0.05) is 9.26 Å². The van der Waals surface area contributed by atoms with Crippen LogP contribution in [0, 0.1) is 3.57 Å². The first-order valence-electron chi connectivity index (χ1n) is 5.30. The minimum Gasteiger partial charge on any atom is -0.332 e. The van der Waals surface area contributed by atoms with Gasteiger partial charge < -0.3 is 5.32 Å². The highest BCUT2D eigenvalue weighted by molar-refractivity contribution is 14.1. The predicted octanol–water partition coefficient (Wildman–Crippen LogP) is 5.30. The second-order valence-corrected chi connectivity index (χ2v) is 6.39. The third-order valence-electron chi connectivity index (χ3n) is 2.46. The summed E-state index contributed by atoms with van der Waals surface area (Å²) in [5, 5.41) is 4.90. The maximum Gasteiger partial charge on any atom is 0.188 e. The Hall–Kier alpha value is -0.850. The van der Waals surface area contributed by atoms with Crippen LogP contribution in [-0.4, -0.2) is 4.98 Å². The lowest BCUT2D eigenvalue weighted by Gasteiger charge is -2.01. The van der Waals surface area contributed by atoms with Crippen LogP contribution < -0.4 is 5.32 Å². The van der Waals surface area contributed by atoms with Gasteiger partial charge in [-0.1, -0.05) is 29.0 Å². The van der Waals surface area contributed by atoms with Gasteiger partial charge in [-0.05, 0) is 59.0 Å². The van der Waals surface area contributed by atoms with Gasteiger partial charge in [0.25, 0.3) is 0 Å². The van der Waals surface area contributed by atoms with Crippen LogP contribution in [0.25, 0.3) is 10.2 Å². The molecule has 0 radical (unpaired) electrons. The largest absolute Gasteiger partial charge is 0.332 e. The normalized spacial score (nSPS) is 10.8. The van der Waals surface area contributed by atoms with Crippen LogP contribution >= 0.6 is 45.5 Å². The Morgan fingerprint density at radius 2 is 1.89 bits per heavy atom. The molecule has 0 saturated heterocycles. The van der Waals surface area contributed by atoms with Crippen molar-refractivity contribution in [2.45, 2.75) is 0 Å². The van der Waals surface area contributed by atoms with Crippen LogP contribution in [0.4, 0.5) is 10.8 Å². The molecule has 1 heterocycles. The number of aromatic nitrogens is 1. The lowest BCUT2D eigenvalue weighted by atomic mass is 10.3. The van der Waals surface area contributed by atoms with Gasteiger partial charge >= 0.3 is 0 Å². The van der Waals surface area contributed by atoms with Crippen molar-refractivity contribution in [1.29, 1.82) is 0 Å². The molecular weight excluding hydrogens is 379 g/mol. The van der Waals surface area contributed by atoms with Gasteiger partial charge in [0.1, 0.15) is 0 Å². The van der Waals surface area contributed by atoms with Crippen LogP contribution in [0.2, 0.25) is 5.02 Å². The zero-order valence-corrected chi connectivity index (χ0v) is 12.9. The molecule has 90 valence electrons. The molecule has 0 unspecified atom stereocenters. The van der Waals surface area contributed by atoms with E-state index >= 15 is 0 Å². The Morgan fingerprint density at radius 1 is 1.11 bits per heavy atom. The number of benzene rings is 2. The van der Waals surface area contributed by atoms with E-state index in [4.69, 9.17) is 11.6 Å². The van der Waals surface area contributed by atoms with Crippen molar-refractivity contribution in [1.82, 2.24) is 4.98 Å². The molecule has 0 aliphatic carbocycles. The van der Waals surface area contributed by atoms with E-state index in [2.05, 4.69) is 45.0 Å². The molecule has 2 aromatic carbocycles. The van der Waals surface area contributed by atoms with Gasteiger partial charge in [-0.3, -0.25) is 0 Å². The highest BCUT2D eigenvalue weighted by atomic mass is 127. The summed E-state index contributed by atoms with van der Waals surface area (Å²) < 4.78 is 2.23. The summed E-state index contributed by atoms with van der Waals surface area (Å²) in [5.41, 5.74) is 1.96. The van der Waals surface area contributed by atoms with E-state index in [0.717, 1.165) is 26.1 Å². The SMILES string of the molecule is Clc1cccc2nc(Nc3ccc(I)cc3)sc12. The summed E-state index contributed by atoms with van der Waals surface area (Å²) in [5.74, 6) is 0. The van der Waals surface area contributed by atoms with Crippen molar-refractivity contribution >= 4 is 66.6 Å². The Kier molecular flexibility index (Phi) is 3.41. The summed E-state index contributed by atoms with van der Waals surface area (Å²) in [7, 11) is 0. The maximum atomic E-state index is 6.14. The molecule has 0 fully saturated rings. The fourth-order valence-corrected chi connectivity index (χ4v) is 3.16. The predicted molar refractivity (Wildman–Crippen MR) is 87.1 cm³/mol. The van der Waals surface area contributed by atoms with E-state index < -0.39 is 0 Å². The highest BCUT2D eigenvalue weighted by Crippen LogP contribution is 2.33. The van der Waals surface area contributed by atoms with Crippen molar-refractivity contribution in [3.05, 3.63) is 51.1 Å². The zero-order valence-electron chi connectivity index (χ0n) is 9.15. The van der Waals surface area contributed by atoms with Crippen LogP contribution in [0.3, 0.4) is 0 Å². The van der Waals surface area contributed by atoms with Crippen LogP contribution in [0.5, 0.6) is 0 Å². The molecule has 0 spiro atoms. The van der Waals surface area contributed by atoms with Crippen molar-refractivity contribution in [3.8, 4) is 0 Å². The summed E-state index contributed by atoms with van der Waals surface area (Å²) >= 11 is 9.99. The molecule has 1 aromatic heterocycles. The first kappa shape index (κ1) is 12.2. The molecule has 1 N–H and O–H groups in total. The fourth-order valence-electron chi connectivity index (χ4n) is 1.63. The van der Waals surface area contributed by atoms with Crippen LogP contribution in [0.15, 0.2) is 42.5 Å². The highest BCUT2D eigenvalue weighted by Gasteiger charge is 2.06. The molecule has 0 bridgehead atoms. The maximum absolute atomic E-state index is 6.14. The molecule has 0 aliphatic rings. The average molecular weight is 387 g/mol. The lowest BCUT2D eigenvalue weighted by Crippen LogP contribution is -1.88. The smallest absolute Gasteiger partial charge is 0.188 e. The summed E-state index contributed by atoms with van der Waals surface area (Å²) in [6.07, 6.45) is 0. The lowest BCUT2D eigenvalue weighted by molar-refractivity contribution is 1.44. The first-order valence-corrected chi connectivity index (χ1v) is 7.57. The molecule has 0 aliphatic heterocycles. The van der Waals surface area contributed by atoms with E-state index in [0.29, 0.717) is 0 Å². The van der Waals surface area contributed by atoms with Crippen molar-refractivity contribution in [2.24, 2.45) is 0 Å². The molecule has 18 heavy (non-hydrogen) atoms. The Balaban J connectivity index is 1.95. The van der Waals surface area contributed by atoms with Gasteiger partial charge in [0.05, 0.1) is 15.2 Å². The van der Waals surface area contributed by atoms with E-state index in [-0.39, 0.29) is 0 Å². The van der Waals surface area contributed by atoms with Gasteiger partial charge in [-0.2, -0.15) is 0 Å². The van der Waals surface area contributed by atoms with E-state index in [9.17, 15) is 0 Å². The summed E-state index contributed by atoms with van der Waals surface area (Å²) in [4.78, 5) is 4.51. The number of halogens is 2. The molecule has 0 atom stereocenters. The summed E-state index contributed by atoms with van der Waals surface area (Å²) in [6.45, 7) is 0. The van der Waals surface area contributed by atoms with Gasteiger partial charge in [0.2, 0.25) is 0 Å². The minimum absolute atomic E-state index is 0.751. The average Bonchev–Trinajstić information content (AvgIpc) is 2.76. The standard InChI is InChI=1S/C13H8ClIN2S/c14-10-2-1-3-11-12(10)18-13(17-11)16-9-6-4-8(15)5-7-9/h1-7H,(H,16,17). The number of fused-ring (bicyclic) bond motifs is 1. The van der Waals surface area contributed by atoms with E-state index in [1.807, 2.05) is 30.3 Å².